The summed E-state index contributed by atoms with van der Waals surface area (Å²) in [4.78, 5) is 19.4. The standard InChI is InChI=1S/C17H33N3O/c1-2-3-6-9-18-12-14-19(15-13-18)16-17(21)20-10-7-4-5-8-11-20/h2-16H2,1H3. The Bertz CT molecular complexity index is 292. The molecule has 2 saturated heterocycles. The molecule has 0 bridgehead atoms. The average Bonchev–Trinajstić information content (AvgIpc) is 2.78. The highest BCUT2D eigenvalue weighted by Crippen LogP contribution is 2.11. The zero-order valence-electron chi connectivity index (χ0n) is 13.9. The molecule has 4 nitrogen and oxygen atoms in total. The Labute approximate surface area is 130 Å². The van der Waals surface area contributed by atoms with Gasteiger partial charge in [-0.1, -0.05) is 32.6 Å². The molecule has 0 radical (unpaired) electrons. The van der Waals surface area contributed by atoms with Crippen LogP contribution < -0.4 is 0 Å². The second-order valence-electron chi connectivity index (χ2n) is 6.62. The molecule has 2 rings (SSSR count). The summed E-state index contributed by atoms with van der Waals surface area (Å²) in [5, 5.41) is 0. The minimum Gasteiger partial charge on any atom is -0.342 e. The van der Waals surface area contributed by atoms with Crippen molar-refractivity contribution in [2.75, 3.05) is 52.4 Å². The summed E-state index contributed by atoms with van der Waals surface area (Å²) >= 11 is 0. The van der Waals surface area contributed by atoms with Gasteiger partial charge in [0.15, 0.2) is 0 Å². The molecule has 122 valence electrons. The van der Waals surface area contributed by atoms with E-state index in [0.29, 0.717) is 12.5 Å². The van der Waals surface area contributed by atoms with Crippen LogP contribution in [0.2, 0.25) is 0 Å². The van der Waals surface area contributed by atoms with Gasteiger partial charge in [0.05, 0.1) is 6.54 Å². The van der Waals surface area contributed by atoms with Gasteiger partial charge in [0.1, 0.15) is 0 Å². The van der Waals surface area contributed by atoms with E-state index in [-0.39, 0.29) is 0 Å². The Morgan fingerprint density at radius 1 is 0.810 bits per heavy atom. The number of hydrogen-bond acceptors (Lipinski definition) is 3. The summed E-state index contributed by atoms with van der Waals surface area (Å²) in [7, 11) is 0. The summed E-state index contributed by atoms with van der Waals surface area (Å²) in [6, 6.07) is 0. The van der Waals surface area contributed by atoms with Gasteiger partial charge in [0, 0.05) is 39.3 Å². The van der Waals surface area contributed by atoms with E-state index in [1.807, 2.05) is 0 Å². The van der Waals surface area contributed by atoms with Gasteiger partial charge in [-0.3, -0.25) is 9.69 Å². The molecule has 0 aromatic heterocycles. The second kappa shape index (κ2) is 9.42. The Balaban J connectivity index is 1.64. The molecule has 2 heterocycles. The number of carbonyl (C=O) groups is 1. The van der Waals surface area contributed by atoms with E-state index in [2.05, 4.69) is 21.6 Å². The van der Waals surface area contributed by atoms with Gasteiger partial charge >= 0.3 is 0 Å². The SMILES string of the molecule is CCCCCN1CCN(CC(=O)N2CCCCCC2)CC1. The molecule has 21 heavy (non-hydrogen) atoms. The fraction of sp³-hybridized carbons (Fsp3) is 0.941. The van der Waals surface area contributed by atoms with E-state index < -0.39 is 0 Å². The van der Waals surface area contributed by atoms with Gasteiger partial charge in [0.2, 0.25) is 5.91 Å². The monoisotopic (exact) mass is 295 g/mol. The van der Waals surface area contributed by atoms with Gasteiger partial charge in [-0.15, -0.1) is 0 Å². The van der Waals surface area contributed by atoms with E-state index >= 15 is 0 Å². The quantitative estimate of drug-likeness (QED) is 0.703. The molecule has 2 aliphatic rings. The van der Waals surface area contributed by atoms with Gasteiger partial charge in [-0.2, -0.15) is 0 Å². The highest BCUT2D eigenvalue weighted by Gasteiger charge is 2.21. The minimum atomic E-state index is 0.358. The third-order valence-electron chi connectivity index (χ3n) is 4.86. The molecular weight excluding hydrogens is 262 g/mol. The lowest BCUT2D eigenvalue weighted by Crippen LogP contribution is -2.50. The van der Waals surface area contributed by atoms with E-state index in [0.717, 1.165) is 39.3 Å². The molecule has 0 unspecified atom stereocenters. The highest BCUT2D eigenvalue weighted by molar-refractivity contribution is 5.78. The number of rotatable bonds is 6. The molecule has 0 saturated carbocycles. The Hall–Kier alpha value is -0.610. The van der Waals surface area contributed by atoms with E-state index in [9.17, 15) is 4.79 Å². The van der Waals surface area contributed by atoms with Crippen LogP contribution in [0.4, 0.5) is 0 Å². The number of likely N-dealkylation sites (tertiary alicyclic amines) is 1. The molecule has 0 aromatic carbocycles. The van der Waals surface area contributed by atoms with Crippen LogP contribution in [-0.2, 0) is 4.79 Å². The molecule has 2 aliphatic heterocycles. The smallest absolute Gasteiger partial charge is 0.236 e. The van der Waals surface area contributed by atoms with Crippen molar-refractivity contribution in [3.63, 3.8) is 0 Å². The number of piperazine rings is 1. The lowest BCUT2D eigenvalue weighted by atomic mass is 10.2. The van der Waals surface area contributed by atoms with Crippen LogP contribution in [0.3, 0.4) is 0 Å². The highest BCUT2D eigenvalue weighted by atomic mass is 16.2. The molecule has 1 amide bonds. The average molecular weight is 295 g/mol. The van der Waals surface area contributed by atoms with Crippen LogP contribution in [0.25, 0.3) is 0 Å². The van der Waals surface area contributed by atoms with Crippen LogP contribution in [-0.4, -0.2) is 73.0 Å². The summed E-state index contributed by atoms with van der Waals surface area (Å²) in [6.45, 7) is 10.5. The van der Waals surface area contributed by atoms with Crippen molar-refractivity contribution in [3.05, 3.63) is 0 Å². The molecule has 0 N–H and O–H groups in total. The predicted molar refractivity (Wildman–Crippen MR) is 87.5 cm³/mol. The Kier molecular flexibility index (Phi) is 7.51. The molecule has 0 spiro atoms. The lowest BCUT2D eigenvalue weighted by molar-refractivity contribution is -0.132. The van der Waals surface area contributed by atoms with Gasteiger partial charge < -0.3 is 9.80 Å². The number of unbranched alkanes of at least 4 members (excludes halogenated alkanes) is 2. The minimum absolute atomic E-state index is 0.358. The first-order chi connectivity index (χ1) is 10.3. The predicted octanol–water partition coefficient (Wildman–Crippen LogP) is 2.20. The summed E-state index contributed by atoms with van der Waals surface area (Å²) in [5.74, 6) is 0.358. The third-order valence-corrected chi connectivity index (χ3v) is 4.86. The van der Waals surface area contributed by atoms with Crippen LogP contribution in [0.5, 0.6) is 0 Å². The van der Waals surface area contributed by atoms with Gasteiger partial charge in [-0.05, 0) is 25.8 Å². The van der Waals surface area contributed by atoms with Gasteiger partial charge in [0.25, 0.3) is 0 Å². The normalized spacial score (nSPS) is 22.2. The molecule has 2 fully saturated rings. The van der Waals surface area contributed by atoms with E-state index in [4.69, 9.17) is 0 Å². The first kappa shape index (κ1) is 16.8. The Morgan fingerprint density at radius 3 is 2.05 bits per heavy atom. The molecule has 0 atom stereocenters. The van der Waals surface area contributed by atoms with Gasteiger partial charge in [-0.25, -0.2) is 0 Å². The number of hydrogen-bond donors (Lipinski definition) is 0. The molecule has 4 heteroatoms. The summed E-state index contributed by atoms with van der Waals surface area (Å²) in [5.41, 5.74) is 0. The first-order valence-electron chi connectivity index (χ1n) is 9.02. The van der Waals surface area contributed by atoms with Crippen molar-refractivity contribution in [3.8, 4) is 0 Å². The topological polar surface area (TPSA) is 26.8 Å². The maximum Gasteiger partial charge on any atom is 0.236 e. The Morgan fingerprint density at radius 2 is 1.43 bits per heavy atom. The number of carbonyl (C=O) groups excluding carboxylic acids is 1. The van der Waals surface area contributed by atoms with Crippen LogP contribution >= 0.6 is 0 Å². The van der Waals surface area contributed by atoms with Crippen LogP contribution in [0.15, 0.2) is 0 Å². The van der Waals surface area contributed by atoms with Crippen molar-refractivity contribution in [1.29, 1.82) is 0 Å². The van der Waals surface area contributed by atoms with Crippen molar-refractivity contribution >= 4 is 5.91 Å². The fourth-order valence-electron chi connectivity index (χ4n) is 3.37. The summed E-state index contributed by atoms with van der Waals surface area (Å²) < 4.78 is 0. The largest absolute Gasteiger partial charge is 0.342 e. The number of nitrogens with zero attached hydrogens (tertiary/aromatic N) is 3. The fourth-order valence-corrected chi connectivity index (χ4v) is 3.37. The van der Waals surface area contributed by atoms with Crippen molar-refractivity contribution in [2.24, 2.45) is 0 Å². The maximum atomic E-state index is 12.4. The van der Waals surface area contributed by atoms with E-state index in [1.165, 1.54) is 51.5 Å². The molecule has 0 aliphatic carbocycles. The van der Waals surface area contributed by atoms with Crippen molar-refractivity contribution in [2.45, 2.75) is 51.9 Å². The summed E-state index contributed by atoms with van der Waals surface area (Å²) in [6.07, 6.45) is 8.93. The zero-order valence-corrected chi connectivity index (χ0v) is 13.9. The molecule has 0 aromatic rings. The van der Waals surface area contributed by atoms with Crippen molar-refractivity contribution < 1.29 is 4.79 Å². The zero-order chi connectivity index (χ0) is 14.9. The third kappa shape index (κ3) is 5.95. The van der Waals surface area contributed by atoms with Crippen molar-refractivity contribution in [1.82, 2.24) is 14.7 Å². The van der Waals surface area contributed by atoms with Crippen LogP contribution in [0, 0.1) is 0 Å². The molecular formula is C17H33N3O. The van der Waals surface area contributed by atoms with E-state index in [1.54, 1.807) is 0 Å². The van der Waals surface area contributed by atoms with Crippen LogP contribution in [0.1, 0.15) is 51.9 Å². The lowest BCUT2D eigenvalue weighted by Gasteiger charge is -2.35. The first-order valence-corrected chi connectivity index (χ1v) is 9.02. The maximum absolute atomic E-state index is 12.4. The number of amides is 1. The second-order valence-corrected chi connectivity index (χ2v) is 6.62.